The zero-order valence-electron chi connectivity index (χ0n) is 9.88. The minimum atomic E-state index is 0.450. The quantitative estimate of drug-likeness (QED) is 0.728. The third kappa shape index (κ3) is 4.50. The lowest BCUT2D eigenvalue weighted by atomic mass is 10.0. The van der Waals surface area contributed by atoms with Gasteiger partial charge in [-0.2, -0.15) is 0 Å². The minimum absolute atomic E-state index is 0.450. The summed E-state index contributed by atoms with van der Waals surface area (Å²) in [4.78, 5) is 0. The van der Waals surface area contributed by atoms with E-state index in [0.29, 0.717) is 6.04 Å². The van der Waals surface area contributed by atoms with Gasteiger partial charge in [0.15, 0.2) is 0 Å². The van der Waals surface area contributed by atoms with Crippen molar-refractivity contribution in [1.82, 2.24) is 5.32 Å². The molecule has 2 heteroatoms. The van der Waals surface area contributed by atoms with E-state index >= 15 is 0 Å². The topological polar surface area (TPSA) is 12.0 Å². The molecular weight excluding hydrogens is 262 g/mol. The lowest BCUT2D eigenvalue weighted by Gasteiger charge is -2.18. The molecule has 0 heterocycles. The number of rotatable bonds is 7. The summed E-state index contributed by atoms with van der Waals surface area (Å²) in [5.74, 6) is 0. The van der Waals surface area contributed by atoms with E-state index in [4.69, 9.17) is 0 Å². The molecule has 0 aliphatic rings. The zero-order chi connectivity index (χ0) is 11.8. The summed E-state index contributed by atoms with van der Waals surface area (Å²) >= 11 is 3.46. The fraction of sp³-hybridized carbons (Fsp3) is 0.429. The second-order valence-electron chi connectivity index (χ2n) is 3.92. The molecular formula is C14H20BrN. The highest BCUT2D eigenvalue weighted by Crippen LogP contribution is 2.21. The first-order valence-electron chi connectivity index (χ1n) is 5.87. The second-order valence-corrected chi connectivity index (χ2v) is 4.84. The van der Waals surface area contributed by atoms with Crippen LogP contribution in [-0.2, 0) is 0 Å². The molecule has 1 nitrogen and oxygen atoms in total. The highest BCUT2D eigenvalue weighted by molar-refractivity contribution is 9.10. The predicted molar refractivity (Wildman–Crippen MR) is 74.6 cm³/mol. The fourth-order valence-electron chi connectivity index (χ4n) is 1.68. The van der Waals surface area contributed by atoms with Gasteiger partial charge in [-0.3, -0.25) is 0 Å². The molecule has 0 aliphatic carbocycles. The van der Waals surface area contributed by atoms with Gasteiger partial charge in [0.25, 0.3) is 0 Å². The lowest BCUT2D eigenvalue weighted by Crippen LogP contribution is -2.21. The molecule has 0 radical (unpaired) electrons. The Bertz CT molecular complexity index is 305. The Hall–Kier alpha value is -0.600. The average molecular weight is 282 g/mol. The maximum Gasteiger partial charge on any atom is 0.0323 e. The third-order valence-electron chi connectivity index (χ3n) is 2.57. The van der Waals surface area contributed by atoms with Crippen LogP contribution in [0.25, 0.3) is 0 Å². The number of benzene rings is 1. The van der Waals surface area contributed by atoms with Gasteiger partial charge in [-0.15, -0.1) is 6.58 Å². The van der Waals surface area contributed by atoms with Crippen LogP contribution in [0.1, 0.15) is 37.8 Å². The third-order valence-corrected chi connectivity index (χ3v) is 3.10. The molecule has 1 atom stereocenters. The SMILES string of the molecule is C=CCCC(NCCC)c1ccc(Br)cc1. The van der Waals surface area contributed by atoms with E-state index in [0.717, 1.165) is 23.9 Å². The Morgan fingerprint density at radius 1 is 1.38 bits per heavy atom. The standard InChI is InChI=1S/C14H20BrN/c1-3-5-6-14(16-11-4-2)12-7-9-13(15)10-8-12/h3,7-10,14,16H,1,4-6,11H2,2H3. The van der Waals surface area contributed by atoms with Gasteiger partial charge in [0.2, 0.25) is 0 Å². The van der Waals surface area contributed by atoms with Crippen molar-refractivity contribution in [3.8, 4) is 0 Å². The molecule has 0 amide bonds. The molecule has 1 N–H and O–H groups in total. The van der Waals surface area contributed by atoms with Crippen LogP contribution in [-0.4, -0.2) is 6.54 Å². The Morgan fingerprint density at radius 3 is 2.62 bits per heavy atom. The van der Waals surface area contributed by atoms with Crippen LogP contribution in [0.4, 0.5) is 0 Å². The molecule has 0 saturated carbocycles. The number of nitrogens with one attached hydrogen (secondary N) is 1. The highest BCUT2D eigenvalue weighted by Gasteiger charge is 2.08. The molecule has 0 bridgehead atoms. The molecule has 1 aromatic rings. The molecule has 1 unspecified atom stereocenters. The number of halogens is 1. The van der Waals surface area contributed by atoms with E-state index in [2.05, 4.69) is 59.0 Å². The maximum atomic E-state index is 3.79. The van der Waals surface area contributed by atoms with Gasteiger partial charge in [0, 0.05) is 10.5 Å². The highest BCUT2D eigenvalue weighted by atomic mass is 79.9. The molecule has 0 fully saturated rings. The lowest BCUT2D eigenvalue weighted by molar-refractivity contribution is 0.503. The second kappa shape index (κ2) is 7.64. The Balaban J connectivity index is 2.66. The van der Waals surface area contributed by atoms with Gasteiger partial charge >= 0.3 is 0 Å². The van der Waals surface area contributed by atoms with E-state index in [-0.39, 0.29) is 0 Å². The first kappa shape index (κ1) is 13.5. The normalized spacial score (nSPS) is 12.4. The van der Waals surface area contributed by atoms with Crippen LogP contribution >= 0.6 is 15.9 Å². The van der Waals surface area contributed by atoms with E-state index < -0.39 is 0 Å². The molecule has 0 aliphatic heterocycles. The van der Waals surface area contributed by atoms with Gasteiger partial charge in [-0.25, -0.2) is 0 Å². The first-order valence-corrected chi connectivity index (χ1v) is 6.67. The summed E-state index contributed by atoms with van der Waals surface area (Å²) in [5.41, 5.74) is 1.36. The van der Waals surface area contributed by atoms with Crippen molar-refractivity contribution in [2.45, 2.75) is 32.2 Å². The number of allylic oxidation sites excluding steroid dienone is 1. The van der Waals surface area contributed by atoms with Crippen molar-refractivity contribution in [1.29, 1.82) is 0 Å². The van der Waals surface area contributed by atoms with E-state index in [1.165, 1.54) is 12.0 Å². The summed E-state index contributed by atoms with van der Waals surface area (Å²) in [5, 5.41) is 3.58. The van der Waals surface area contributed by atoms with Crippen LogP contribution in [0, 0.1) is 0 Å². The van der Waals surface area contributed by atoms with Crippen molar-refractivity contribution in [2.24, 2.45) is 0 Å². The zero-order valence-corrected chi connectivity index (χ0v) is 11.5. The van der Waals surface area contributed by atoms with E-state index in [1.807, 2.05) is 6.08 Å². The first-order chi connectivity index (χ1) is 7.77. The van der Waals surface area contributed by atoms with Gasteiger partial charge in [0.05, 0.1) is 0 Å². The fourth-order valence-corrected chi connectivity index (χ4v) is 1.95. The van der Waals surface area contributed by atoms with Crippen LogP contribution in [0.2, 0.25) is 0 Å². The molecule has 0 aromatic heterocycles. The molecule has 0 spiro atoms. The van der Waals surface area contributed by atoms with Crippen LogP contribution in [0.15, 0.2) is 41.4 Å². The average Bonchev–Trinajstić information content (AvgIpc) is 2.31. The summed E-state index contributed by atoms with van der Waals surface area (Å²) in [6, 6.07) is 9.01. The van der Waals surface area contributed by atoms with Crippen molar-refractivity contribution in [3.05, 3.63) is 47.0 Å². The van der Waals surface area contributed by atoms with E-state index in [1.54, 1.807) is 0 Å². The number of hydrogen-bond acceptors (Lipinski definition) is 1. The van der Waals surface area contributed by atoms with Crippen molar-refractivity contribution >= 4 is 15.9 Å². The van der Waals surface area contributed by atoms with Gasteiger partial charge in [-0.1, -0.05) is 41.1 Å². The number of hydrogen-bond donors (Lipinski definition) is 1. The largest absolute Gasteiger partial charge is 0.310 e. The van der Waals surface area contributed by atoms with Gasteiger partial charge < -0.3 is 5.32 Å². The van der Waals surface area contributed by atoms with Crippen molar-refractivity contribution < 1.29 is 0 Å². The van der Waals surface area contributed by atoms with E-state index in [9.17, 15) is 0 Å². The van der Waals surface area contributed by atoms with Gasteiger partial charge in [-0.05, 0) is 43.5 Å². The Kier molecular flexibility index (Phi) is 6.43. The van der Waals surface area contributed by atoms with Gasteiger partial charge in [0.1, 0.15) is 0 Å². The summed E-state index contributed by atoms with van der Waals surface area (Å²) in [6.45, 7) is 7.05. The summed E-state index contributed by atoms with van der Waals surface area (Å²) in [6.07, 6.45) is 5.32. The molecule has 0 saturated heterocycles. The van der Waals surface area contributed by atoms with Crippen LogP contribution < -0.4 is 5.32 Å². The summed E-state index contributed by atoms with van der Waals surface area (Å²) < 4.78 is 1.13. The molecule has 1 aromatic carbocycles. The summed E-state index contributed by atoms with van der Waals surface area (Å²) in [7, 11) is 0. The molecule has 16 heavy (non-hydrogen) atoms. The Morgan fingerprint density at radius 2 is 2.06 bits per heavy atom. The smallest absolute Gasteiger partial charge is 0.0323 e. The predicted octanol–water partition coefficient (Wildman–Crippen LogP) is 4.46. The molecule has 88 valence electrons. The van der Waals surface area contributed by atoms with Crippen molar-refractivity contribution in [2.75, 3.05) is 6.54 Å². The van der Waals surface area contributed by atoms with Crippen LogP contribution in [0.3, 0.4) is 0 Å². The minimum Gasteiger partial charge on any atom is -0.310 e. The van der Waals surface area contributed by atoms with Crippen LogP contribution in [0.5, 0.6) is 0 Å². The maximum absolute atomic E-state index is 3.79. The molecule has 1 rings (SSSR count). The van der Waals surface area contributed by atoms with Crippen molar-refractivity contribution in [3.63, 3.8) is 0 Å². The Labute approximate surface area is 107 Å². The monoisotopic (exact) mass is 281 g/mol.